The van der Waals surface area contributed by atoms with Crippen LogP contribution in [0.3, 0.4) is 0 Å². The molecule has 0 atom stereocenters. The number of benzene rings is 1. The van der Waals surface area contributed by atoms with Gasteiger partial charge in [-0.05, 0) is 31.0 Å². The van der Waals surface area contributed by atoms with Crippen LogP contribution in [-0.2, 0) is 0 Å². The Hall–Kier alpha value is -0.720. The zero-order valence-electron chi connectivity index (χ0n) is 8.17. The highest BCUT2D eigenvalue weighted by Gasteiger charge is 2.01. The molecule has 4 heteroatoms. The molecule has 0 bridgehead atoms. The highest BCUT2D eigenvalue weighted by molar-refractivity contribution is 9.10. The van der Waals surface area contributed by atoms with Crippen molar-refractivity contribution in [2.75, 3.05) is 6.61 Å². The normalized spacial score (nSPS) is 9.67. The van der Waals surface area contributed by atoms with Gasteiger partial charge >= 0.3 is 0 Å². The van der Waals surface area contributed by atoms with Crippen LogP contribution in [0.25, 0.3) is 0 Å². The lowest BCUT2D eigenvalue weighted by molar-refractivity contribution is 0.307. The van der Waals surface area contributed by atoms with E-state index in [1.165, 1.54) is 0 Å². The lowest BCUT2D eigenvalue weighted by Crippen LogP contribution is -1.97. The monoisotopic (exact) mass is 287 g/mol. The summed E-state index contributed by atoms with van der Waals surface area (Å²) in [5, 5.41) is 8.94. The summed E-state index contributed by atoms with van der Waals surface area (Å²) in [6.07, 6.45) is 2.32. The molecule has 0 aliphatic rings. The van der Waals surface area contributed by atoms with Crippen LogP contribution in [0.1, 0.15) is 19.3 Å². The molecule has 1 aromatic carbocycles. The van der Waals surface area contributed by atoms with Gasteiger partial charge in [0.15, 0.2) is 0 Å². The smallest absolute Gasteiger partial charge is 0.137 e. The van der Waals surface area contributed by atoms with Crippen molar-refractivity contribution in [1.29, 1.82) is 5.26 Å². The SMILES string of the molecule is N#CCCCCOc1ccc(Br)cc1Cl. The van der Waals surface area contributed by atoms with Gasteiger partial charge in [-0.3, -0.25) is 0 Å². The van der Waals surface area contributed by atoms with Crippen molar-refractivity contribution in [1.82, 2.24) is 0 Å². The second-order valence-electron chi connectivity index (χ2n) is 3.04. The van der Waals surface area contributed by atoms with Crippen LogP contribution in [0.4, 0.5) is 0 Å². The lowest BCUT2D eigenvalue weighted by Gasteiger charge is -2.07. The number of rotatable bonds is 5. The highest BCUT2D eigenvalue weighted by Crippen LogP contribution is 2.27. The zero-order valence-corrected chi connectivity index (χ0v) is 10.5. The van der Waals surface area contributed by atoms with Crippen molar-refractivity contribution in [3.8, 4) is 11.8 Å². The molecule has 0 amide bonds. The van der Waals surface area contributed by atoms with Crippen LogP contribution in [0.15, 0.2) is 22.7 Å². The first kappa shape index (κ1) is 12.4. The molecule has 0 fully saturated rings. The van der Waals surface area contributed by atoms with E-state index in [0.717, 1.165) is 17.3 Å². The average molecular weight is 289 g/mol. The maximum atomic E-state index is 8.34. The van der Waals surface area contributed by atoms with Gasteiger partial charge in [0.2, 0.25) is 0 Å². The minimum atomic E-state index is 0.581. The van der Waals surface area contributed by atoms with Gasteiger partial charge in [0.05, 0.1) is 17.7 Å². The van der Waals surface area contributed by atoms with Gasteiger partial charge in [-0.25, -0.2) is 0 Å². The number of unbranched alkanes of at least 4 members (excludes halogenated alkanes) is 2. The van der Waals surface area contributed by atoms with Gasteiger partial charge in [0.1, 0.15) is 5.75 Å². The van der Waals surface area contributed by atoms with E-state index >= 15 is 0 Å². The largest absolute Gasteiger partial charge is 0.492 e. The van der Waals surface area contributed by atoms with Gasteiger partial charge in [-0.15, -0.1) is 0 Å². The first-order valence-corrected chi connectivity index (χ1v) is 5.86. The number of hydrogen-bond donors (Lipinski definition) is 0. The Kier molecular flexibility index (Phi) is 5.52. The Labute approximate surface area is 103 Å². The number of hydrogen-bond acceptors (Lipinski definition) is 2. The molecule has 0 aliphatic carbocycles. The van der Waals surface area contributed by atoms with Crippen molar-refractivity contribution < 1.29 is 4.74 Å². The van der Waals surface area contributed by atoms with Crippen LogP contribution < -0.4 is 4.74 Å². The number of nitriles is 1. The van der Waals surface area contributed by atoms with E-state index in [4.69, 9.17) is 21.6 Å². The van der Waals surface area contributed by atoms with E-state index in [1.807, 2.05) is 12.1 Å². The first-order valence-electron chi connectivity index (χ1n) is 4.69. The Balaban J connectivity index is 2.35. The van der Waals surface area contributed by atoms with Crippen molar-refractivity contribution in [2.45, 2.75) is 19.3 Å². The van der Waals surface area contributed by atoms with Crippen LogP contribution in [0.2, 0.25) is 5.02 Å². The molecule has 0 radical (unpaired) electrons. The Bertz CT molecular complexity index is 362. The van der Waals surface area contributed by atoms with Crippen LogP contribution >= 0.6 is 27.5 Å². The average Bonchev–Trinajstić information content (AvgIpc) is 2.20. The Morgan fingerprint density at radius 3 is 2.87 bits per heavy atom. The fourth-order valence-electron chi connectivity index (χ4n) is 1.08. The Morgan fingerprint density at radius 2 is 2.20 bits per heavy atom. The van der Waals surface area contributed by atoms with E-state index < -0.39 is 0 Å². The minimum absolute atomic E-state index is 0.581. The molecule has 2 nitrogen and oxygen atoms in total. The minimum Gasteiger partial charge on any atom is -0.492 e. The van der Waals surface area contributed by atoms with E-state index in [9.17, 15) is 0 Å². The summed E-state index contributed by atoms with van der Waals surface area (Å²) < 4.78 is 6.41. The molecule has 0 saturated heterocycles. The maximum absolute atomic E-state index is 8.34. The molecule has 15 heavy (non-hydrogen) atoms. The van der Waals surface area contributed by atoms with Crippen LogP contribution in [0.5, 0.6) is 5.75 Å². The molecule has 0 aliphatic heterocycles. The van der Waals surface area contributed by atoms with Crippen LogP contribution in [0, 0.1) is 11.3 Å². The van der Waals surface area contributed by atoms with E-state index in [0.29, 0.717) is 23.8 Å². The molecule has 80 valence electrons. The molecular weight excluding hydrogens is 277 g/mol. The summed E-state index contributed by atoms with van der Waals surface area (Å²) in [6.45, 7) is 0.600. The predicted molar refractivity (Wildman–Crippen MR) is 64.1 cm³/mol. The third-order valence-electron chi connectivity index (χ3n) is 1.83. The van der Waals surface area contributed by atoms with Gasteiger partial charge < -0.3 is 4.74 Å². The highest BCUT2D eigenvalue weighted by atomic mass is 79.9. The van der Waals surface area contributed by atoms with Crippen molar-refractivity contribution >= 4 is 27.5 Å². The summed E-state index contributed by atoms with van der Waals surface area (Å²) in [4.78, 5) is 0. The second kappa shape index (κ2) is 6.71. The Morgan fingerprint density at radius 1 is 1.40 bits per heavy atom. The molecule has 0 N–H and O–H groups in total. The van der Waals surface area contributed by atoms with Crippen molar-refractivity contribution in [3.63, 3.8) is 0 Å². The topological polar surface area (TPSA) is 33.0 Å². The van der Waals surface area contributed by atoms with Crippen molar-refractivity contribution in [2.24, 2.45) is 0 Å². The van der Waals surface area contributed by atoms with E-state index in [1.54, 1.807) is 6.07 Å². The molecule has 0 heterocycles. The third-order valence-corrected chi connectivity index (χ3v) is 2.62. The standard InChI is InChI=1S/C11H11BrClNO/c12-9-4-5-11(10(13)8-9)15-7-3-1-2-6-14/h4-5,8H,1-3,7H2. The van der Waals surface area contributed by atoms with E-state index in [-0.39, 0.29) is 0 Å². The van der Waals surface area contributed by atoms with Gasteiger partial charge in [0, 0.05) is 10.9 Å². The van der Waals surface area contributed by atoms with E-state index in [2.05, 4.69) is 22.0 Å². The lowest BCUT2D eigenvalue weighted by atomic mass is 10.2. The predicted octanol–water partition coefficient (Wildman–Crippen LogP) is 4.18. The quantitative estimate of drug-likeness (QED) is 0.762. The van der Waals surface area contributed by atoms with Gasteiger partial charge in [-0.1, -0.05) is 27.5 Å². The fourth-order valence-corrected chi connectivity index (χ4v) is 1.81. The molecule has 0 saturated carbocycles. The molecule has 0 spiro atoms. The zero-order chi connectivity index (χ0) is 11.1. The number of nitrogens with zero attached hydrogens (tertiary/aromatic N) is 1. The van der Waals surface area contributed by atoms with Crippen LogP contribution in [-0.4, -0.2) is 6.61 Å². The number of ether oxygens (including phenoxy) is 1. The first-order chi connectivity index (χ1) is 7.24. The summed E-state index contributed by atoms with van der Waals surface area (Å²) in [5.74, 6) is 0.692. The maximum Gasteiger partial charge on any atom is 0.137 e. The molecule has 0 unspecified atom stereocenters. The van der Waals surface area contributed by atoms with Gasteiger partial charge in [-0.2, -0.15) is 5.26 Å². The number of halogens is 2. The third kappa shape index (κ3) is 4.55. The summed E-state index contributed by atoms with van der Waals surface area (Å²) in [6, 6.07) is 7.61. The molecule has 1 rings (SSSR count). The molecular formula is C11H11BrClNO. The summed E-state index contributed by atoms with van der Waals surface area (Å²) in [7, 11) is 0. The second-order valence-corrected chi connectivity index (χ2v) is 4.36. The molecule has 0 aromatic heterocycles. The summed E-state index contributed by atoms with van der Waals surface area (Å²) in [5.41, 5.74) is 0. The summed E-state index contributed by atoms with van der Waals surface area (Å²) >= 11 is 9.28. The van der Waals surface area contributed by atoms with Gasteiger partial charge in [0.25, 0.3) is 0 Å². The fraction of sp³-hybridized carbons (Fsp3) is 0.364. The van der Waals surface area contributed by atoms with Crippen molar-refractivity contribution in [3.05, 3.63) is 27.7 Å². The molecule has 1 aromatic rings.